The average Bonchev–Trinajstić information content (AvgIpc) is 2.44. The van der Waals surface area contributed by atoms with Gasteiger partial charge in [0.15, 0.2) is 0 Å². The van der Waals surface area contributed by atoms with Crippen LogP contribution in [0, 0.1) is 0 Å². The average molecular weight is 209 g/mol. The van der Waals surface area contributed by atoms with Crippen molar-refractivity contribution in [2.75, 3.05) is 13.2 Å². The van der Waals surface area contributed by atoms with Crippen LogP contribution >= 0.6 is 11.9 Å². The van der Waals surface area contributed by atoms with Gasteiger partial charge in [-0.1, -0.05) is 42.3 Å². The summed E-state index contributed by atoms with van der Waals surface area (Å²) in [4.78, 5) is 0. The summed E-state index contributed by atoms with van der Waals surface area (Å²) >= 11 is 1.77. The van der Waals surface area contributed by atoms with Gasteiger partial charge in [-0.3, -0.25) is 4.72 Å². The van der Waals surface area contributed by atoms with Crippen LogP contribution in [0.5, 0.6) is 0 Å². The van der Waals surface area contributed by atoms with Crippen LogP contribution in [0.4, 0.5) is 0 Å². The molecule has 2 atom stereocenters. The summed E-state index contributed by atoms with van der Waals surface area (Å²) < 4.78 is 8.98. The van der Waals surface area contributed by atoms with Crippen LogP contribution < -0.4 is 4.72 Å². The van der Waals surface area contributed by atoms with Crippen LogP contribution in [-0.4, -0.2) is 19.3 Å². The van der Waals surface area contributed by atoms with Gasteiger partial charge >= 0.3 is 0 Å². The number of rotatable bonds is 1. The zero-order valence-corrected chi connectivity index (χ0v) is 9.09. The molecule has 1 aliphatic rings. The molecule has 1 aliphatic heterocycles. The maximum atomic E-state index is 5.59. The van der Waals surface area contributed by atoms with E-state index in [1.54, 1.807) is 11.9 Å². The van der Waals surface area contributed by atoms with Crippen molar-refractivity contribution in [3.63, 3.8) is 0 Å². The van der Waals surface area contributed by atoms with E-state index in [0.717, 1.165) is 13.2 Å². The van der Waals surface area contributed by atoms with Crippen molar-refractivity contribution in [3.8, 4) is 0 Å². The Hall–Kier alpha value is -0.510. The molecule has 1 heterocycles. The molecule has 0 saturated carbocycles. The molecule has 0 aliphatic carbocycles. The zero-order valence-electron chi connectivity index (χ0n) is 8.27. The quantitative estimate of drug-likeness (QED) is 0.718. The van der Waals surface area contributed by atoms with Gasteiger partial charge in [0.25, 0.3) is 0 Å². The van der Waals surface area contributed by atoms with E-state index >= 15 is 0 Å². The van der Waals surface area contributed by atoms with Gasteiger partial charge in [-0.05, 0) is 12.5 Å². The fourth-order valence-corrected chi connectivity index (χ4v) is 2.37. The molecule has 1 N–H and O–H groups in total. The Labute approximate surface area is 89.2 Å². The molecule has 0 radical (unpaired) electrons. The van der Waals surface area contributed by atoms with Gasteiger partial charge in [-0.2, -0.15) is 0 Å². The summed E-state index contributed by atoms with van der Waals surface area (Å²) in [6, 6.07) is 10.9. The molecular weight excluding hydrogens is 194 g/mol. The molecular formula is C11H15NOS. The lowest BCUT2D eigenvalue weighted by molar-refractivity contribution is 0.128. The van der Waals surface area contributed by atoms with Gasteiger partial charge < -0.3 is 4.74 Å². The van der Waals surface area contributed by atoms with Crippen LogP contribution in [0.1, 0.15) is 17.7 Å². The first-order valence-corrected chi connectivity index (χ1v) is 5.78. The maximum absolute atomic E-state index is 5.59. The van der Waals surface area contributed by atoms with E-state index in [0.29, 0.717) is 11.3 Å². The van der Waals surface area contributed by atoms with Crippen LogP contribution in [-0.2, 0) is 4.74 Å². The van der Waals surface area contributed by atoms with Crippen LogP contribution in [0.25, 0.3) is 0 Å². The SMILES string of the molecule is CC1COCC(c2ccccc2)SN1. The lowest BCUT2D eigenvalue weighted by Crippen LogP contribution is -2.22. The second-order valence-electron chi connectivity index (χ2n) is 3.57. The molecule has 76 valence electrons. The maximum Gasteiger partial charge on any atom is 0.0676 e. The van der Waals surface area contributed by atoms with E-state index in [-0.39, 0.29) is 0 Å². The third-order valence-corrected chi connectivity index (χ3v) is 3.45. The molecule has 0 amide bonds. The molecule has 1 saturated heterocycles. The van der Waals surface area contributed by atoms with Crippen LogP contribution in [0.2, 0.25) is 0 Å². The largest absolute Gasteiger partial charge is 0.378 e. The lowest BCUT2D eigenvalue weighted by Gasteiger charge is -2.13. The van der Waals surface area contributed by atoms with Gasteiger partial charge in [0.2, 0.25) is 0 Å². The Kier molecular flexibility index (Phi) is 3.45. The summed E-state index contributed by atoms with van der Waals surface area (Å²) in [5, 5.41) is 0.418. The molecule has 3 heteroatoms. The smallest absolute Gasteiger partial charge is 0.0676 e. The van der Waals surface area contributed by atoms with Crippen LogP contribution in [0.15, 0.2) is 30.3 Å². The van der Waals surface area contributed by atoms with Crippen molar-refractivity contribution < 1.29 is 4.74 Å². The minimum atomic E-state index is 0.418. The third-order valence-electron chi connectivity index (χ3n) is 2.22. The number of hydrogen-bond donors (Lipinski definition) is 1. The summed E-state index contributed by atoms with van der Waals surface area (Å²) in [6.45, 7) is 3.74. The van der Waals surface area contributed by atoms with Gasteiger partial charge in [-0.15, -0.1) is 0 Å². The van der Waals surface area contributed by atoms with Crippen LogP contribution in [0.3, 0.4) is 0 Å². The molecule has 0 bridgehead atoms. The van der Waals surface area contributed by atoms with Gasteiger partial charge in [0, 0.05) is 6.04 Å². The van der Waals surface area contributed by atoms with Crippen molar-refractivity contribution in [2.45, 2.75) is 18.2 Å². The summed E-state index contributed by atoms with van der Waals surface area (Å²) in [5.74, 6) is 0. The number of benzene rings is 1. The van der Waals surface area contributed by atoms with E-state index in [1.807, 2.05) is 6.07 Å². The minimum Gasteiger partial charge on any atom is -0.378 e. The van der Waals surface area contributed by atoms with E-state index in [4.69, 9.17) is 4.74 Å². The first-order valence-electron chi connectivity index (χ1n) is 4.90. The van der Waals surface area contributed by atoms with Gasteiger partial charge in [0.1, 0.15) is 0 Å². The molecule has 0 aromatic heterocycles. The van der Waals surface area contributed by atoms with Crippen molar-refractivity contribution in [2.24, 2.45) is 0 Å². The fraction of sp³-hybridized carbons (Fsp3) is 0.455. The normalized spacial score (nSPS) is 28.4. The molecule has 1 aromatic carbocycles. The highest BCUT2D eigenvalue weighted by atomic mass is 32.2. The topological polar surface area (TPSA) is 21.3 Å². The van der Waals surface area contributed by atoms with E-state index in [2.05, 4.69) is 35.9 Å². The molecule has 0 spiro atoms. The molecule has 1 aromatic rings. The second kappa shape index (κ2) is 4.82. The van der Waals surface area contributed by atoms with E-state index < -0.39 is 0 Å². The Morgan fingerprint density at radius 3 is 2.86 bits per heavy atom. The number of nitrogens with one attached hydrogen (secondary N) is 1. The Balaban J connectivity index is 2.04. The minimum absolute atomic E-state index is 0.418. The van der Waals surface area contributed by atoms with Crippen molar-refractivity contribution in [1.29, 1.82) is 0 Å². The van der Waals surface area contributed by atoms with E-state index in [9.17, 15) is 0 Å². The van der Waals surface area contributed by atoms with Crippen molar-refractivity contribution in [3.05, 3.63) is 35.9 Å². The summed E-state index contributed by atoms with van der Waals surface area (Å²) in [6.07, 6.45) is 0. The van der Waals surface area contributed by atoms with Gasteiger partial charge in [-0.25, -0.2) is 0 Å². The molecule has 1 fully saturated rings. The predicted octanol–water partition coefficient (Wildman–Crippen LogP) is 2.38. The molecule has 2 unspecified atom stereocenters. The first kappa shape index (κ1) is 10.0. The standard InChI is InChI=1S/C11H15NOS/c1-9-7-13-8-11(14-12-9)10-5-3-2-4-6-10/h2-6,9,11-12H,7-8H2,1H3. The monoisotopic (exact) mass is 209 g/mol. The number of hydrogen-bond acceptors (Lipinski definition) is 3. The lowest BCUT2D eigenvalue weighted by atomic mass is 10.1. The first-order chi connectivity index (χ1) is 6.86. The third kappa shape index (κ3) is 2.50. The highest BCUT2D eigenvalue weighted by Crippen LogP contribution is 2.28. The van der Waals surface area contributed by atoms with Gasteiger partial charge in [0.05, 0.1) is 18.5 Å². The molecule has 2 nitrogen and oxygen atoms in total. The molecule has 2 rings (SSSR count). The Bertz CT molecular complexity index is 278. The summed E-state index contributed by atoms with van der Waals surface area (Å²) in [5.41, 5.74) is 1.33. The zero-order chi connectivity index (χ0) is 9.80. The fourth-order valence-electron chi connectivity index (χ4n) is 1.45. The Morgan fingerprint density at radius 1 is 1.29 bits per heavy atom. The van der Waals surface area contributed by atoms with E-state index in [1.165, 1.54) is 5.56 Å². The summed E-state index contributed by atoms with van der Waals surface area (Å²) in [7, 11) is 0. The Morgan fingerprint density at radius 2 is 2.07 bits per heavy atom. The van der Waals surface area contributed by atoms with Crippen molar-refractivity contribution in [1.82, 2.24) is 4.72 Å². The predicted molar refractivity (Wildman–Crippen MR) is 60.2 cm³/mol. The molecule has 14 heavy (non-hydrogen) atoms. The second-order valence-corrected chi connectivity index (χ2v) is 4.61. The van der Waals surface area contributed by atoms with Crippen molar-refractivity contribution >= 4 is 11.9 Å². The number of ether oxygens (including phenoxy) is 1. The highest BCUT2D eigenvalue weighted by Gasteiger charge is 2.17. The highest BCUT2D eigenvalue weighted by molar-refractivity contribution is 7.97.